The largest absolute Gasteiger partial charge is 0.463 e. The third-order valence-corrected chi connectivity index (χ3v) is 7.79. The zero-order valence-corrected chi connectivity index (χ0v) is 17.3. The second-order valence-electron chi connectivity index (χ2n) is 9.29. The van der Waals surface area contributed by atoms with Gasteiger partial charge in [-0.15, -0.1) is 0 Å². The van der Waals surface area contributed by atoms with E-state index in [4.69, 9.17) is 13.7 Å². The Labute approximate surface area is 160 Å². The number of esters is 1. The molecular formula is C18H29NO7S. The Kier molecular flexibility index (Phi) is 5.10. The van der Waals surface area contributed by atoms with Crippen LogP contribution in [0.4, 0.5) is 0 Å². The van der Waals surface area contributed by atoms with E-state index >= 15 is 0 Å². The van der Waals surface area contributed by atoms with E-state index < -0.39 is 33.0 Å². The highest BCUT2D eigenvalue weighted by Crippen LogP contribution is 2.64. The fourth-order valence-electron chi connectivity index (χ4n) is 4.68. The van der Waals surface area contributed by atoms with Crippen LogP contribution in [0, 0.1) is 22.7 Å². The zero-order chi connectivity index (χ0) is 20.2. The molecule has 8 nitrogen and oxygen atoms in total. The Morgan fingerprint density at radius 2 is 1.93 bits per heavy atom. The molecule has 3 fully saturated rings. The molecule has 9 heteroatoms. The lowest BCUT2D eigenvalue weighted by Crippen LogP contribution is -2.39. The van der Waals surface area contributed by atoms with E-state index in [1.807, 2.05) is 13.8 Å². The van der Waals surface area contributed by atoms with Crippen molar-refractivity contribution in [1.82, 2.24) is 5.32 Å². The highest BCUT2D eigenvalue weighted by atomic mass is 32.2. The summed E-state index contributed by atoms with van der Waals surface area (Å²) < 4.78 is 40.5. The van der Waals surface area contributed by atoms with Gasteiger partial charge in [-0.05, 0) is 38.5 Å². The number of nitrogens with one attached hydrogen (secondary N) is 1. The minimum Gasteiger partial charge on any atom is -0.463 e. The summed E-state index contributed by atoms with van der Waals surface area (Å²) in [4.78, 5) is 23.7. The molecule has 27 heavy (non-hydrogen) atoms. The predicted octanol–water partition coefficient (Wildman–Crippen LogP) is 0.850. The van der Waals surface area contributed by atoms with Gasteiger partial charge in [0.15, 0.2) is 0 Å². The Morgan fingerprint density at radius 3 is 2.56 bits per heavy atom. The number of carbonyl (C=O) groups excluding carboxylic acids is 2. The molecule has 3 aliphatic rings. The first-order valence-electron chi connectivity index (χ1n) is 9.33. The maximum atomic E-state index is 12.2. The number of amides is 1. The molecule has 1 saturated heterocycles. The quantitative estimate of drug-likeness (QED) is 0.398. The maximum absolute atomic E-state index is 12.2. The van der Waals surface area contributed by atoms with E-state index in [0.717, 1.165) is 0 Å². The van der Waals surface area contributed by atoms with E-state index in [2.05, 4.69) is 5.32 Å². The SMILES string of the molecule is CC(C)(C)C(=O)OCCNC(=O)COC1C2OS(=O)(=O)C3CC1C(C)(C)C23. The fourth-order valence-corrected chi connectivity index (χ4v) is 6.66. The fraction of sp³-hybridized carbons (Fsp3) is 0.889. The molecule has 0 aromatic carbocycles. The van der Waals surface area contributed by atoms with Crippen LogP contribution in [0.15, 0.2) is 0 Å². The zero-order valence-electron chi connectivity index (χ0n) is 16.5. The number of hydrogen-bond donors (Lipinski definition) is 1. The molecule has 0 aromatic heterocycles. The number of ether oxygens (including phenoxy) is 2. The molecule has 1 N–H and O–H groups in total. The lowest BCUT2D eigenvalue weighted by molar-refractivity contribution is -0.153. The second-order valence-corrected chi connectivity index (χ2v) is 11.1. The van der Waals surface area contributed by atoms with Gasteiger partial charge in [-0.1, -0.05) is 13.8 Å². The Balaban J connectivity index is 1.46. The van der Waals surface area contributed by atoms with E-state index in [0.29, 0.717) is 6.42 Å². The molecule has 1 heterocycles. The van der Waals surface area contributed by atoms with Crippen molar-refractivity contribution in [2.24, 2.45) is 22.7 Å². The summed E-state index contributed by atoms with van der Waals surface area (Å²) in [5.41, 5.74) is -0.775. The topological polar surface area (TPSA) is 108 Å². The highest BCUT2D eigenvalue weighted by Gasteiger charge is 2.72. The van der Waals surface area contributed by atoms with Crippen molar-refractivity contribution in [2.75, 3.05) is 19.8 Å². The van der Waals surface area contributed by atoms with Crippen molar-refractivity contribution in [3.63, 3.8) is 0 Å². The van der Waals surface area contributed by atoms with Crippen LogP contribution in [0.2, 0.25) is 0 Å². The summed E-state index contributed by atoms with van der Waals surface area (Å²) in [6.45, 7) is 9.48. The van der Waals surface area contributed by atoms with E-state index in [-0.39, 0.29) is 48.9 Å². The molecule has 0 spiro atoms. The van der Waals surface area contributed by atoms with E-state index in [1.165, 1.54) is 0 Å². The molecule has 5 atom stereocenters. The molecule has 0 aromatic rings. The summed E-state index contributed by atoms with van der Waals surface area (Å²) in [6.07, 6.45) is -0.386. The van der Waals surface area contributed by atoms with Gasteiger partial charge < -0.3 is 14.8 Å². The number of rotatable bonds is 6. The molecule has 0 radical (unpaired) electrons. The van der Waals surface area contributed by atoms with E-state index in [9.17, 15) is 18.0 Å². The van der Waals surface area contributed by atoms with Gasteiger partial charge >= 0.3 is 5.97 Å². The lowest BCUT2D eigenvalue weighted by atomic mass is 9.81. The smallest absolute Gasteiger partial charge is 0.311 e. The summed E-state index contributed by atoms with van der Waals surface area (Å²) in [6, 6.07) is 0. The summed E-state index contributed by atoms with van der Waals surface area (Å²) in [7, 11) is -3.54. The minimum absolute atomic E-state index is 0.0512. The normalized spacial score (nSPS) is 35.2. The van der Waals surface area contributed by atoms with Gasteiger partial charge in [0.1, 0.15) is 19.3 Å². The van der Waals surface area contributed by atoms with Crippen LogP contribution in [-0.4, -0.2) is 57.5 Å². The van der Waals surface area contributed by atoms with Crippen LogP contribution >= 0.6 is 0 Å². The molecule has 2 saturated carbocycles. The highest BCUT2D eigenvalue weighted by molar-refractivity contribution is 7.87. The third kappa shape index (κ3) is 3.61. The number of carbonyl (C=O) groups is 2. The Hall–Kier alpha value is -1.19. The van der Waals surface area contributed by atoms with Crippen LogP contribution in [-0.2, 0) is 33.4 Å². The second kappa shape index (κ2) is 6.70. The van der Waals surface area contributed by atoms with Crippen molar-refractivity contribution in [2.45, 2.75) is 58.5 Å². The van der Waals surface area contributed by atoms with Crippen molar-refractivity contribution in [3.05, 3.63) is 0 Å². The summed E-state index contributed by atoms with van der Waals surface area (Å²) >= 11 is 0. The molecule has 154 valence electrons. The van der Waals surface area contributed by atoms with Crippen LogP contribution in [0.1, 0.15) is 41.0 Å². The molecule has 2 bridgehead atoms. The molecule has 2 aliphatic carbocycles. The monoisotopic (exact) mass is 403 g/mol. The average Bonchev–Trinajstić information content (AvgIpc) is 3.00. The van der Waals surface area contributed by atoms with Crippen molar-refractivity contribution in [3.8, 4) is 0 Å². The Morgan fingerprint density at radius 1 is 1.26 bits per heavy atom. The van der Waals surface area contributed by atoms with Gasteiger partial charge in [0.2, 0.25) is 5.91 Å². The predicted molar refractivity (Wildman–Crippen MR) is 96.1 cm³/mol. The molecule has 5 unspecified atom stereocenters. The first-order valence-corrected chi connectivity index (χ1v) is 10.8. The van der Waals surface area contributed by atoms with Crippen LogP contribution in [0.5, 0.6) is 0 Å². The number of fused-ring (bicyclic) bond motifs is 1. The average molecular weight is 403 g/mol. The van der Waals surface area contributed by atoms with E-state index in [1.54, 1.807) is 20.8 Å². The van der Waals surface area contributed by atoms with Gasteiger partial charge in [-0.2, -0.15) is 8.42 Å². The van der Waals surface area contributed by atoms with Gasteiger partial charge in [-0.25, -0.2) is 0 Å². The van der Waals surface area contributed by atoms with Crippen molar-refractivity contribution < 1.29 is 31.7 Å². The lowest BCUT2D eigenvalue weighted by Gasteiger charge is -2.26. The third-order valence-electron chi connectivity index (χ3n) is 6.07. The van der Waals surface area contributed by atoms with Gasteiger partial charge in [0.05, 0.1) is 23.3 Å². The minimum atomic E-state index is -3.54. The molecular weight excluding hydrogens is 374 g/mol. The maximum Gasteiger partial charge on any atom is 0.311 e. The standard InChI is InChI=1S/C18H29NO7S/c1-17(2,3)16(21)24-7-6-19-12(20)9-25-14-10-8-11-13(18(10,4)5)15(14)26-27(11,22)23/h10-11,13-15H,6-9H2,1-5H3,(H,19,20). The molecule has 1 amide bonds. The summed E-state index contributed by atoms with van der Waals surface area (Å²) in [5.74, 6) is -0.696. The molecule has 3 rings (SSSR count). The van der Waals surface area contributed by atoms with Crippen LogP contribution in [0.25, 0.3) is 0 Å². The van der Waals surface area contributed by atoms with Crippen LogP contribution < -0.4 is 5.32 Å². The van der Waals surface area contributed by atoms with Gasteiger partial charge in [0, 0.05) is 5.92 Å². The first kappa shape index (κ1) is 20.5. The van der Waals surface area contributed by atoms with Gasteiger partial charge in [-0.3, -0.25) is 13.8 Å². The summed E-state index contributed by atoms with van der Waals surface area (Å²) in [5, 5.41) is 2.19. The van der Waals surface area contributed by atoms with Crippen molar-refractivity contribution >= 4 is 22.0 Å². The Bertz CT molecular complexity index is 724. The van der Waals surface area contributed by atoms with Crippen LogP contribution in [0.3, 0.4) is 0 Å². The first-order chi connectivity index (χ1) is 12.4. The van der Waals surface area contributed by atoms with Gasteiger partial charge in [0.25, 0.3) is 10.1 Å². The molecule has 1 aliphatic heterocycles. The van der Waals surface area contributed by atoms with Crippen molar-refractivity contribution in [1.29, 1.82) is 0 Å². The number of hydrogen-bond acceptors (Lipinski definition) is 7.